The molecule has 1 fully saturated rings. The molecule has 1 aliphatic rings. The summed E-state index contributed by atoms with van der Waals surface area (Å²) in [5, 5.41) is 13.0. The van der Waals surface area contributed by atoms with Gasteiger partial charge in [0.25, 0.3) is 11.5 Å². The number of pyridine rings is 2. The van der Waals surface area contributed by atoms with Crippen molar-refractivity contribution in [1.82, 2.24) is 9.55 Å². The highest BCUT2D eigenvalue weighted by Crippen LogP contribution is 2.41. The molecular weight excluding hydrogens is 603 g/mol. The van der Waals surface area contributed by atoms with E-state index >= 15 is 4.39 Å². The van der Waals surface area contributed by atoms with E-state index in [9.17, 15) is 14.9 Å². The Morgan fingerprint density at radius 2 is 1.77 bits per heavy atom. The standard InChI is InChI=1S/C36H31FN4O6/c1-5-46-32-14-20(2)29(15-22(32)19-38)41-28(21-6-7-21)10-9-24(36(41)43)35(42)40-23-8-11-31(26(37)16-23)47-30-12-13-39-27-18-34(45-4)33(44-3)17-25(27)30/h8-18,21H,5-7H2,1-4H3,(H,40,42). The topological polar surface area (TPSA) is 125 Å². The predicted molar refractivity (Wildman–Crippen MR) is 174 cm³/mol. The van der Waals surface area contributed by atoms with Crippen molar-refractivity contribution < 1.29 is 28.1 Å². The highest BCUT2D eigenvalue weighted by molar-refractivity contribution is 6.04. The minimum atomic E-state index is -0.733. The lowest BCUT2D eigenvalue weighted by Crippen LogP contribution is -2.30. The number of methoxy groups -OCH3 is 2. The van der Waals surface area contributed by atoms with Gasteiger partial charge in [0.15, 0.2) is 23.1 Å². The van der Waals surface area contributed by atoms with Gasteiger partial charge in [-0.15, -0.1) is 0 Å². The molecule has 0 bridgehead atoms. The van der Waals surface area contributed by atoms with E-state index in [2.05, 4.69) is 16.4 Å². The SMILES string of the molecule is CCOc1cc(C)c(-n2c(C3CC3)ccc(C(=O)Nc3ccc(Oc4ccnc5cc(OC)c(OC)cc45)c(F)c3)c2=O)cc1C#N. The van der Waals surface area contributed by atoms with Crippen LogP contribution in [0.25, 0.3) is 16.6 Å². The van der Waals surface area contributed by atoms with Crippen LogP contribution in [0.5, 0.6) is 28.7 Å². The van der Waals surface area contributed by atoms with Gasteiger partial charge in [0.2, 0.25) is 0 Å². The third-order valence-electron chi connectivity index (χ3n) is 7.93. The monoisotopic (exact) mass is 634 g/mol. The molecule has 1 amide bonds. The number of nitrogens with one attached hydrogen (secondary N) is 1. The zero-order valence-corrected chi connectivity index (χ0v) is 26.2. The Morgan fingerprint density at radius 3 is 2.45 bits per heavy atom. The first-order valence-electron chi connectivity index (χ1n) is 15.0. The second kappa shape index (κ2) is 12.8. The van der Waals surface area contributed by atoms with Crippen LogP contribution >= 0.6 is 0 Å². The van der Waals surface area contributed by atoms with Gasteiger partial charge < -0.3 is 24.3 Å². The molecule has 1 aliphatic carbocycles. The van der Waals surface area contributed by atoms with Crippen molar-refractivity contribution in [3.63, 3.8) is 0 Å². The van der Waals surface area contributed by atoms with Crippen molar-refractivity contribution in [3.05, 3.63) is 105 Å². The summed E-state index contributed by atoms with van der Waals surface area (Å²) in [6.45, 7) is 4.03. The minimum absolute atomic E-state index is 0.0827. The smallest absolute Gasteiger partial charge is 0.268 e. The zero-order valence-electron chi connectivity index (χ0n) is 26.2. The van der Waals surface area contributed by atoms with E-state index in [4.69, 9.17) is 18.9 Å². The van der Waals surface area contributed by atoms with E-state index in [0.29, 0.717) is 51.8 Å². The van der Waals surface area contributed by atoms with Crippen molar-refractivity contribution >= 4 is 22.5 Å². The molecule has 1 N–H and O–H groups in total. The fourth-order valence-corrected chi connectivity index (χ4v) is 5.46. The van der Waals surface area contributed by atoms with Gasteiger partial charge in [-0.2, -0.15) is 5.26 Å². The number of fused-ring (bicyclic) bond motifs is 1. The molecule has 1 saturated carbocycles. The maximum atomic E-state index is 15.3. The van der Waals surface area contributed by atoms with Crippen molar-refractivity contribution in [3.8, 4) is 40.5 Å². The number of anilines is 1. The van der Waals surface area contributed by atoms with Crippen molar-refractivity contribution in [2.24, 2.45) is 0 Å². The van der Waals surface area contributed by atoms with Gasteiger partial charge >= 0.3 is 0 Å². The molecule has 10 nitrogen and oxygen atoms in total. The molecule has 238 valence electrons. The van der Waals surface area contributed by atoms with Crippen LogP contribution < -0.4 is 29.8 Å². The summed E-state index contributed by atoms with van der Waals surface area (Å²) in [4.78, 5) is 31.7. The number of nitrogens with zero attached hydrogens (tertiary/aromatic N) is 3. The Morgan fingerprint density at radius 1 is 1.00 bits per heavy atom. The third kappa shape index (κ3) is 6.05. The molecule has 0 aliphatic heterocycles. The highest BCUT2D eigenvalue weighted by atomic mass is 19.1. The van der Waals surface area contributed by atoms with E-state index in [1.165, 1.54) is 43.2 Å². The number of carbonyl (C=O) groups is 1. The number of hydrogen-bond donors (Lipinski definition) is 1. The first-order valence-corrected chi connectivity index (χ1v) is 15.0. The Balaban J connectivity index is 1.29. The summed E-state index contributed by atoms with van der Waals surface area (Å²) in [5.41, 5.74) is 2.28. The van der Waals surface area contributed by atoms with Crippen molar-refractivity contribution in [2.45, 2.75) is 32.6 Å². The van der Waals surface area contributed by atoms with E-state index < -0.39 is 17.3 Å². The molecule has 0 atom stereocenters. The largest absolute Gasteiger partial charge is 0.493 e. The summed E-state index contributed by atoms with van der Waals surface area (Å²) in [5.74, 6) is 0.368. The predicted octanol–water partition coefficient (Wildman–Crippen LogP) is 7.04. The van der Waals surface area contributed by atoms with Gasteiger partial charge in [-0.1, -0.05) is 0 Å². The van der Waals surface area contributed by atoms with Crippen LogP contribution in [0.2, 0.25) is 0 Å². The molecule has 0 radical (unpaired) electrons. The summed E-state index contributed by atoms with van der Waals surface area (Å²) < 4.78 is 39.1. The molecule has 3 aromatic carbocycles. The van der Waals surface area contributed by atoms with Gasteiger partial charge in [0.1, 0.15) is 23.1 Å². The number of carbonyl (C=O) groups excluding carboxylic acids is 1. The molecule has 0 spiro atoms. The van der Waals surface area contributed by atoms with Gasteiger partial charge in [0, 0.05) is 35.1 Å². The van der Waals surface area contributed by atoms with Crippen LogP contribution in [0.15, 0.2) is 71.7 Å². The zero-order chi connectivity index (χ0) is 33.2. The van der Waals surface area contributed by atoms with Gasteiger partial charge in [-0.25, -0.2) is 4.39 Å². The molecule has 0 saturated heterocycles. The minimum Gasteiger partial charge on any atom is -0.493 e. The fourth-order valence-electron chi connectivity index (χ4n) is 5.46. The number of aryl methyl sites for hydroxylation is 1. The van der Waals surface area contributed by atoms with E-state index in [1.807, 2.05) is 13.8 Å². The normalized spacial score (nSPS) is 12.3. The van der Waals surface area contributed by atoms with E-state index in [0.717, 1.165) is 24.6 Å². The summed E-state index contributed by atoms with van der Waals surface area (Å²) in [6.07, 6.45) is 3.36. The van der Waals surface area contributed by atoms with Crippen LogP contribution in [0.4, 0.5) is 10.1 Å². The Kier molecular flexibility index (Phi) is 8.50. The average Bonchev–Trinajstić information content (AvgIpc) is 3.91. The van der Waals surface area contributed by atoms with Crippen molar-refractivity contribution in [1.29, 1.82) is 5.26 Å². The maximum absolute atomic E-state index is 15.3. The first-order chi connectivity index (χ1) is 22.8. The third-order valence-corrected chi connectivity index (χ3v) is 7.93. The van der Waals surface area contributed by atoms with Crippen LogP contribution in [0.1, 0.15) is 52.9 Å². The van der Waals surface area contributed by atoms with Gasteiger partial charge in [-0.05, 0) is 86.7 Å². The molecule has 47 heavy (non-hydrogen) atoms. The van der Waals surface area contributed by atoms with E-state index in [-0.39, 0.29) is 28.5 Å². The molecule has 2 aromatic heterocycles. The first kappa shape index (κ1) is 31.1. The number of ether oxygens (including phenoxy) is 4. The number of amides is 1. The molecule has 5 aromatic rings. The molecule has 11 heteroatoms. The second-order valence-electron chi connectivity index (χ2n) is 11.0. The van der Waals surface area contributed by atoms with Crippen LogP contribution in [0.3, 0.4) is 0 Å². The van der Waals surface area contributed by atoms with E-state index in [1.54, 1.807) is 36.4 Å². The number of hydrogen-bond acceptors (Lipinski definition) is 8. The Hall–Kier alpha value is -5.89. The fraction of sp³-hybridized carbons (Fsp3) is 0.222. The number of aromatic nitrogens is 2. The lowest BCUT2D eigenvalue weighted by Gasteiger charge is -2.18. The summed E-state index contributed by atoms with van der Waals surface area (Å²) >= 11 is 0. The molecular formula is C36H31FN4O6. The highest BCUT2D eigenvalue weighted by Gasteiger charge is 2.30. The quantitative estimate of drug-likeness (QED) is 0.173. The average molecular weight is 635 g/mol. The Bertz CT molecular complexity index is 2130. The maximum Gasteiger partial charge on any atom is 0.268 e. The Labute approximate surface area is 269 Å². The summed E-state index contributed by atoms with van der Waals surface area (Å²) in [7, 11) is 3.03. The van der Waals surface area contributed by atoms with Gasteiger partial charge in [-0.3, -0.25) is 19.1 Å². The number of rotatable bonds is 10. The van der Waals surface area contributed by atoms with Gasteiger partial charge in [0.05, 0.1) is 37.6 Å². The second-order valence-corrected chi connectivity index (χ2v) is 11.0. The van der Waals surface area contributed by atoms with Crippen molar-refractivity contribution in [2.75, 3.05) is 26.1 Å². The molecule has 2 heterocycles. The molecule has 6 rings (SSSR count). The number of benzene rings is 3. The molecule has 0 unspecified atom stereocenters. The van der Waals surface area contributed by atoms with Crippen LogP contribution in [-0.2, 0) is 0 Å². The van der Waals surface area contributed by atoms with Crippen LogP contribution in [-0.4, -0.2) is 36.3 Å². The number of nitriles is 1. The number of halogens is 1. The summed E-state index contributed by atoms with van der Waals surface area (Å²) in [6, 6.07) is 17.7. The lowest BCUT2D eigenvalue weighted by molar-refractivity contribution is 0.102. The lowest BCUT2D eigenvalue weighted by atomic mass is 10.1. The van der Waals surface area contributed by atoms with Crippen LogP contribution in [0, 0.1) is 24.1 Å².